The van der Waals surface area contributed by atoms with E-state index in [9.17, 15) is 4.79 Å². The molecule has 1 aliphatic rings. The first-order valence-electron chi connectivity index (χ1n) is 6.89. The Morgan fingerprint density at radius 2 is 2.17 bits per heavy atom. The lowest BCUT2D eigenvalue weighted by Gasteiger charge is -2.21. The van der Waals surface area contributed by atoms with Crippen molar-refractivity contribution >= 4 is 5.97 Å². The topological polar surface area (TPSA) is 55.8 Å². The van der Waals surface area contributed by atoms with Gasteiger partial charge in [-0.25, -0.2) is 0 Å². The Labute approximate surface area is 109 Å². The van der Waals surface area contributed by atoms with Crippen molar-refractivity contribution in [1.82, 2.24) is 0 Å². The van der Waals surface area contributed by atoms with Gasteiger partial charge < -0.3 is 14.6 Å². The maximum absolute atomic E-state index is 10.3. The second kappa shape index (κ2) is 10.1. The van der Waals surface area contributed by atoms with E-state index in [0.29, 0.717) is 6.61 Å². The molecule has 0 radical (unpaired) electrons. The largest absolute Gasteiger partial charge is 0.481 e. The van der Waals surface area contributed by atoms with Gasteiger partial charge in [0.1, 0.15) is 0 Å². The van der Waals surface area contributed by atoms with E-state index in [0.717, 1.165) is 45.1 Å². The van der Waals surface area contributed by atoms with Gasteiger partial charge in [0.2, 0.25) is 0 Å². The third-order valence-electron chi connectivity index (χ3n) is 2.94. The standard InChI is InChI=1S/C14H24O4/c15-13(16)9-5-3-1-2-4-7-11-17-14-10-6-8-12-18-14/h4,7,14H,1-3,5-6,8-12H2,(H,15,16)/b7-4+. The first-order chi connectivity index (χ1) is 8.79. The van der Waals surface area contributed by atoms with Crippen LogP contribution in [0.2, 0.25) is 0 Å². The highest BCUT2D eigenvalue weighted by Gasteiger charge is 2.12. The van der Waals surface area contributed by atoms with E-state index in [1.165, 1.54) is 6.42 Å². The molecule has 0 aromatic heterocycles. The molecule has 1 saturated heterocycles. The number of aliphatic carboxylic acids is 1. The minimum absolute atomic E-state index is 0.0148. The van der Waals surface area contributed by atoms with E-state index in [4.69, 9.17) is 14.6 Å². The van der Waals surface area contributed by atoms with Crippen LogP contribution < -0.4 is 0 Å². The summed E-state index contributed by atoms with van der Waals surface area (Å²) in [5.41, 5.74) is 0. The Bertz CT molecular complexity index is 244. The molecule has 1 fully saturated rings. The summed E-state index contributed by atoms with van der Waals surface area (Å²) in [6.07, 6.45) is 11.5. The minimum Gasteiger partial charge on any atom is -0.481 e. The first-order valence-corrected chi connectivity index (χ1v) is 6.89. The van der Waals surface area contributed by atoms with Crippen molar-refractivity contribution in [3.05, 3.63) is 12.2 Å². The van der Waals surface area contributed by atoms with E-state index in [1.54, 1.807) is 0 Å². The Hall–Kier alpha value is -0.870. The molecule has 0 saturated carbocycles. The molecule has 1 aliphatic heterocycles. The molecule has 1 heterocycles. The molecule has 1 atom stereocenters. The zero-order valence-electron chi connectivity index (χ0n) is 11.0. The summed E-state index contributed by atoms with van der Waals surface area (Å²) >= 11 is 0. The van der Waals surface area contributed by atoms with Crippen LogP contribution in [0.25, 0.3) is 0 Å². The van der Waals surface area contributed by atoms with Gasteiger partial charge in [-0.1, -0.05) is 18.6 Å². The molecule has 0 bridgehead atoms. The summed E-state index contributed by atoms with van der Waals surface area (Å²) in [5, 5.41) is 8.47. The zero-order chi connectivity index (χ0) is 13.1. The smallest absolute Gasteiger partial charge is 0.303 e. The number of allylic oxidation sites excluding steroid dienone is 1. The average Bonchev–Trinajstić information content (AvgIpc) is 2.37. The third kappa shape index (κ3) is 8.25. The van der Waals surface area contributed by atoms with Gasteiger partial charge in [-0.15, -0.1) is 0 Å². The molecule has 4 nitrogen and oxygen atoms in total. The molecule has 1 N–H and O–H groups in total. The zero-order valence-corrected chi connectivity index (χ0v) is 11.0. The fourth-order valence-electron chi connectivity index (χ4n) is 1.91. The second-order valence-corrected chi connectivity index (χ2v) is 4.59. The van der Waals surface area contributed by atoms with Crippen LogP contribution >= 0.6 is 0 Å². The number of hydrogen-bond donors (Lipinski definition) is 1. The number of ether oxygens (including phenoxy) is 2. The summed E-state index contributed by atoms with van der Waals surface area (Å²) < 4.78 is 11.0. The third-order valence-corrected chi connectivity index (χ3v) is 2.94. The van der Waals surface area contributed by atoms with Crippen LogP contribution in [0.5, 0.6) is 0 Å². The molecule has 1 rings (SSSR count). The molecule has 0 aromatic rings. The molecule has 4 heteroatoms. The number of carbonyl (C=O) groups is 1. The number of rotatable bonds is 9. The Kier molecular flexibility index (Phi) is 8.51. The van der Waals surface area contributed by atoms with Crippen LogP contribution in [0.15, 0.2) is 12.2 Å². The minimum atomic E-state index is -0.702. The van der Waals surface area contributed by atoms with Gasteiger partial charge in [-0.2, -0.15) is 0 Å². The van der Waals surface area contributed by atoms with Crippen molar-refractivity contribution in [2.45, 2.75) is 57.7 Å². The fraction of sp³-hybridized carbons (Fsp3) is 0.786. The molecule has 1 unspecified atom stereocenters. The maximum Gasteiger partial charge on any atom is 0.303 e. The number of unbranched alkanes of at least 4 members (excludes halogenated alkanes) is 3. The van der Waals surface area contributed by atoms with Crippen LogP contribution in [-0.4, -0.2) is 30.6 Å². The quantitative estimate of drug-likeness (QED) is 0.508. The van der Waals surface area contributed by atoms with Gasteiger partial charge >= 0.3 is 5.97 Å². The molecule has 18 heavy (non-hydrogen) atoms. The van der Waals surface area contributed by atoms with Crippen LogP contribution in [0, 0.1) is 0 Å². The van der Waals surface area contributed by atoms with Crippen LogP contribution in [-0.2, 0) is 14.3 Å². The summed E-state index contributed by atoms with van der Waals surface area (Å²) in [4.78, 5) is 10.3. The Morgan fingerprint density at radius 1 is 1.28 bits per heavy atom. The highest BCUT2D eigenvalue weighted by molar-refractivity contribution is 5.66. The second-order valence-electron chi connectivity index (χ2n) is 4.59. The van der Waals surface area contributed by atoms with E-state index in [-0.39, 0.29) is 12.7 Å². The van der Waals surface area contributed by atoms with Crippen LogP contribution in [0.3, 0.4) is 0 Å². The monoisotopic (exact) mass is 256 g/mol. The predicted octanol–water partition coefficient (Wildman–Crippen LogP) is 3.12. The van der Waals surface area contributed by atoms with E-state index in [2.05, 4.69) is 6.08 Å². The lowest BCUT2D eigenvalue weighted by atomic mass is 10.1. The van der Waals surface area contributed by atoms with Gasteiger partial charge in [0.25, 0.3) is 0 Å². The average molecular weight is 256 g/mol. The van der Waals surface area contributed by atoms with Gasteiger partial charge in [0.15, 0.2) is 6.29 Å². The molecule has 0 aromatic carbocycles. The molecule has 0 amide bonds. The molecule has 0 aliphatic carbocycles. The van der Waals surface area contributed by atoms with Crippen molar-refractivity contribution in [1.29, 1.82) is 0 Å². The van der Waals surface area contributed by atoms with E-state index in [1.807, 2.05) is 6.08 Å². The molecular formula is C14H24O4. The van der Waals surface area contributed by atoms with Crippen LogP contribution in [0.4, 0.5) is 0 Å². The summed E-state index contributed by atoms with van der Waals surface area (Å²) in [6.45, 7) is 1.43. The Morgan fingerprint density at radius 3 is 2.89 bits per heavy atom. The highest BCUT2D eigenvalue weighted by Crippen LogP contribution is 2.13. The number of hydrogen-bond acceptors (Lipinski definition) is 3. The summed E-state index contributed by atoms with van der Waals surface area (Å²) in [7, 11) is 0. The van der Waals surface area contributed by atoms with Gasteiger partial charge in [-0.05, 0) is 38.5 Å². The molecular weight excluding hydrogens is 232 g/mol. The lowest BCUT2D eigenvalue weighted by Crippen LogP contribution is -2.22. The summed E-state index contributed by atoms with van der Waals surface area (Å²) in [6, 6.07) is 0. The van der Waals surface area contributed by atoms with Crippen molar-refractivity contribution in [2.75, 3.05) is 13.2 Å². The first kappa shape index (κ1) is 15.2. The number of carboxylic acid groups (broad SMARTS) is 1. The van der Waals surface area contributed by atoms with E-state index >= 15 is 0 Å². The van der Waals surface area contributed by atoms with Crippen molar-refractivity contribution in [3.8, 4) is 0 Å². The van der Waals surface area contributed by atoms with Gasteiger partial charge in [-0.3, -0.25) is 4.79 Å². The number of carboxylic acids is 1. The van der Waals surface area contributed by atoms with Crippen molar-refractivity contribution in [2.24, 2.45) is 0 Å². The SMILES string of the molecule is O=C(O)CCCCC/C=C/COC1CCCCO1. The van der Waals surface area contributed by atoms with Crippen molar-refractivity contribution < 1.29 is 19.4 Å². The predicted molar refractivity (Wildman–Crippen MR) is 69.4 cm³/mol. The Balaban J connectivity index is 1.86. The van der Waals surface area contributed by atoms with Gasteiger partial charge in [0.05, 0.1) is 6.61 Å². The fourth-order valence-corrected chi connectivity index (χ4v) is 1.91. The highest BCUT2D eigenvalue weighted by atomic mass is 16.7. The van der Waals surface area contributed by atoms with Crippen molar-refractivity contribution in [3.63, 3.8) is 0 Å². The molecule has 0 spiro atoms. The lowest BCUT2D eigenvalue weighted by molar-refractivity contribution is -0.155. The van der Waals surface area contributed by atoms with E-state index < -0.39 is 5.97 Å². The summed E-state index contributed by atoms with van der Waals surface area (Å²) in [5.74, 6) is -0.702. The maximum atomic E-state index is 10.3. The molecule has 104 valence electrons. The normalized spacial score (nSPS) is 20.3. The van der Waals surface area contributed by atoms with Crippen LogP contribution in [0.1, 0.15) is 51.4 Å². The van der Waals surface area contributed by atoms with Gasteiger partial charge in [0, 0.05) is 13.0 Å².